The molecule has 1 fully saturated rings. The minimum atomic E-state index is -0.194. The lowest BCUT2D eigenvalue weighted by Crippen LogP contribution is -2.58. The number of aliphatic hydroxyl groups is 1. The van der Waals surface area contributed by atoms with Crippen LogP contribution in [0.3, 0.4) is 0 Å². The molecule has 1 aliphatic heterocycles. The molecule has 0 aromatic heterocycles. The third-order valence-corrected chi connectivity index (χ3v) is 2.82. The summed E-state index contributed by atoms with van der Waals surface area (Å²) in [6.07, 6.45) is 1.46. The lowest BCUT2D eigenvalue weighted by atomic mass is 9.98. The highest BCUT2D eigenvalue weighted by Crippen LogP contribution is 2.23. The third-order valence-electron chi connectivity index (χ3n) is 2.82. The van der Waals surface area contributed by atoms with Gasteiger partial charge in [0.25, 0.3) is 0 Å². The third kappa shape index (κ3) is 2.90. The maximum atomic E-state index is 11.4. The zero-order valence-corrected chi connectivity index (χ0v) is 9.31. The Kier molecular flexibility index (Phi) is 5.01. The van der Waals surface area contributed by atoms with Gasteiger partial charge in [-0.3, -0.25) is 9.69 Å². The van der Waals surface area contributed by atoms with Gasteiger partial charge in [0.05, 0.1) is 13.7 Å². The van der Waals surface area contributed by atoms with E-state index in [4.69, 9.17) is 14.6 Å². The summed E-state index contributed by atoms with van der Waals surface area (Å²) >= 11 is 0. The Labute approximate surface area is 90.0 Å². The van der Waals surface area contributed by atoms with Crippen LogP contribution in [0.2, 0.25) is 0 Å². The number of esters is 1. The van der Waals surface area contributed by atoms with Crippen molar-refractivity contribution >= 4 is 5.97 Å². The summed E-state index contributed by atoms with van der Waals surface area (Å²) < 4.78 is 9.78. The van der Waals surface area contributed by atoms with Crippen LogP contribution in [0.5, 0.6) is 0 Å². The summed E-state index contributed by atoms with van der Waals surface area (Å²) in [7, 11) is 3.02. The van der Waals surface area contributed by atoms with E-state index in [1.165, 1.54) is 7.11 Å². The van der Waals surface area contributed by atoms with E-state index in [2.05, 4.69) is 0 Å². The number of carbonyl (C=O) groups is 1. The molecule has 1 aliphatic rings. The van der Waals surface area contributed by atoms with Crippen LogP contribution >= 0.6 is 0 Å². The van der Waals surface area contributed by atoms with Gasteiger partial charge in [-0.2, -0.15) is 0 Å². The summed E-state index contributed by atoms with van der Waals surface area (Å²) in [6, 6.07) is -0.0421. The van der Waals surface area contributed by atoms with Crippen molar-refractivity contribution in [3.8, 4) is 0 Å². The lowest BCUT2D eigenvalue weighted by Gasteiger charge is -2.43. The topological polar surface area (TPSA) is 59.0 Å². The van der Waals surface area contributed by atoms with Crippen LogP contribution in [0.4, 0.5) is 0 Å². The van der Waals surface area contributed by atoms with Crippen molar-refractivity contribution in [2.24, 2.45) is 0 Å². The van der Waals surface area contributed by atoms with E-state index in [0.29, 0.717) is 13.0 Å². The molecule has 5 heteroatoms. The van der Waals surface area contributed by atoms with Crippen LogP contribution in [-0.2, 0) is 14.3 Å². The van der Waals surface area contributed by atoms with Crippen LogP contribution < -0.4 is 0 Å². The Morgan fingerprint density at radius 2 is 2.33 bits per heavy atom. The Morgan fingerprint density at radius 1 is 1.60 bits per heavy atom. The van der Waals surface area contributed by atoms with E-state index in [1.807, 2.05) is 4.90 Å². The first-order valence-corrected chi connectivity index (χ1v) is 5.18. The van der Waals surface area contributed by atoms with E-state index in [-0.39, 0.29) is 24.7 Å². The van der Waals surface area contributed by atoms with Gasteiger partial charge in [0.15, 0.2) is 0 Å². The Morgan fingerprint density at radius 3 is 2.73 bits per heavy atom. The first-order valence-electron chi connectivity index (χ1n) is 5.18. The molecule has 0 spiro atoms. The zero-order valence-electron chi connectivity index (χ0n) is 9.31. The van der Waals surface area contributed by atoms with Crippen molar-refractivity contribution in [2.45, 2.75) is 24.9 Å². The van der Waals surface area contributed by atoms with Gasteiger partial charge in [-0.05, 0) is 12.8 Å². The monoisotopic (exact) mass is 217 g/mol. The molecule has 2 atom stereocenters. The van der Waals surface area contributed by atoms with E-state index < -0.39 is 0 Å². The molecule has 1 saturated heterocycles. The van der Waals surface area contributed by atoms with Crippen molar-refractivity contribution in [2.75, 3.05) is 34.0 Å². The van der Waals surface area contributed by atoms with Gasteiger partial charge >= 0.3 is 5.97 Å². The van der Waals surface area contributed by atoms with E-state index in [1.54, 1.807) is 7.11 Å². The van der Waals surface area contributed by atoms with Gasteiger partial charge in [-0.1, -0.05) is 0 Å². The number of ether oxygens (including phenoxy) is 2. The summed E-state index contributed by atoms with van der Waals surface area (Å²) in [6.45, 7) is 1.51. The molecule has 2 unspecified atom stereocenters. The normalized spacial score (nSPS) is 23.3. The lowest BCUT2D eigenvalue weighted by molar-refractivity contribution is -0.155. The number of aliphatic hydroxyl groups excluding tert-OH is 1. The van der Waals surface area contributed by atoms with Crippen molar-refractivity contribution in [3.63, 3.8) is 0 Å². The first kappa shape index (κ1) is 12.4. The predicted molar refractivity (Wildman–Crippen MR) is 54.5 cm³/mol. The summed E-state index contributed by atoms with van der Waals surface area (Å²) in [4.78, 5) is 13.4. The molecule has 0 bridgehead atoms. The van der Waals surface area contributed by atoms with Crippen molar-refractivity contribution in [1.29, 1.82) is 0 Å². The minimum absolute atomic E-state index is 0.109. The summed E-state index contributed by atoms with van der Waals surface area (Å²) in [5.74, 6) is -0.194. The molecule has 0 aromatic carbocycles. The summed E-state index contributed by atoms with van der Waals surface area (Å²) in [5, 5.41) is 8.92. The number of rotatable bonds is 6. The molecule has 0 amide bonds. The van der Waals surface area contributed by atoms with Gasteiger partial charge in [-0.15, -0.1) is 0 Å². The second kappa shape index (κ2) is 6.05. The smallest absolute Gasteiger partial charge is 0.323 e. The number of methoxy groups -OCH3 is 2. The second-order valence-electron chi connectivity index (χ2n) is 3.69. The van der Waals surface area contributed by atoms with Gasteiger partial charge in [0.1, 0.15) is 6.04 Å². The van der Waals surface area contributed by atoms with Gasteiger partial charge < -0.3 is 14.6 Å². The number of likely N-dealkylation sites (tertiary alicyclic amines) is 1. The molecule has 0 aromatic rings. The molecule has 1 N–H and O–H groups in total. The second-order valence-corrected chi connectivity index (χ2v) is 3.69. The average Bonchev–Trinajstić information content (AvgIpc) is 2.16. The minimum Gasteiger partial charge on any atom is -0.468 e. The number of nitrogens with zero attached hydrogens (tertiary/aromatic N) is 1. The van der Waals surface area contributed by atoms with E-state index >= 15 is 0 Å². The largest absolute Gasteiger partial charge is 0.468 e. The maximum absolute atomic E-state index is 11.4. The SMILES string of the molecule is COCC(CCO)N1CCC1C(=O)OC. The van der Waals surface area contributed by atoms with Crippen LogP contribution in [0, 0.1) is 0 Å². The quantitative estimate of drug-likeness (QED) is 0.615. The molecule has 88 valence electrons. The maximum Gasteiger partial charge on any atom is 0.323 e. The van der Waals surface area contributed by atoms with Gasteiger partial charge in [0.2, 0.25) is 0 Å². The summed E-state index contributed by atoms with van der Waals surface area (Å²) in [5.41, 5.74) is 0. The number of carbonyl (C=O) groups excluding carboxylic acids is 1. The van der Waals surface area contributed by atoms with Gasteiger partial charge in [0, 0.05) is 26.3 Å². The molecular weight excluding hydrogens is 198 g/mol. The van der Waals surface area contributed by atoms with Crippen LogP contribution in [0.15, 0.2) is 0 Å². The Balaban J connectivity index is 2.48. The zero-order chi connectivity index (χ0) is 11.3. The number of hydrogen-bond donors (Lipinski definition) is 1. The predicted octanol–water partition coefficient (Wildman–Crippen LogP) is -0.369. The molecule has 5 nitrogen and oxygen atoms in total. The highest BCUT2D eigenvalue weighted by atomic mass is 16.5. The van der Waals surface area contributed by atoms with Crippen molar-refractivity contribution in [3.05, 3.63) is 0 Å². The molecule has 15 heavy (non-hydrogen) atoms. The molecular formula is C10H19NO4. The van der Waals surface area contributed by atoms with Crippen molar-refractivity contribution in [1.82, 2.24) is 4.90 Å². The fourth-order valence-electron chi connectivity index (χ4n) is 1.92. The number of hydrogen-bond acceptors (Lipinski definition) is 5. The Hall–Kier alpha value is -0.650. The average molecular weight is 217 g/mol. The van der Waals surface area contributed by atoms with Crippen LogP contribution in [0.1, 0.15) is 12.8 Å². The first-order chi connectivity index (χ1) is 7.24. The molecule has 0 aliphatic carbocycles. The molecule has 1 rings (SSSR count). The van der Waals surface area contributed by atoms with Crippen LogP contribution in [-0.4, -0.2) is 62.0 Å². The highest BCUT2D eigenvalue weighted by molar-refractivity contribution is 5.76. The van der Waals surface area contributed by atoms with Gasteiger partial charge in [-0.25, -0.2) is 0 Å². The molecule has 0 saturated carbocycles. The van der Waals surface area contributed by atoms with E-state index in [9.17, 15) is 4.79 Å². The highest BCUT2D eigenvalue weighted by Gasteiger charge is 2.39. The Bertz CT molecular complexity index is 204. The molecule has 1 heterocycles. The van der Waals surface area contributed by atoms with Crippen molar-refractivity contribution < 1.29 is 19.4 Å². The van der Waals surface area contributed by atoms with Crippen LogP contribution in [0.25, 0.3) is 0 Å². The fourth-order valence-corrected chi connectivity index (χ4v) is 1.92. The standard InChI is InChI=1S/C10H19NO4/c1-14-7-8(4-6-12)11-5-3-9(11)10(13)15-2/h8-9,12H,3-7H2,1-2H3. The molecule has 0 radical (unpaired) electrons. The fraction of sp³-hybridized carbons (Fsp3) is 0.900. The van der Waals surface area contributed by atoms with E-state index in [0.717, 1.165) is 13.0 Å².